The van der Waals surface area contributed by atoms with Crippen LogP contribution in [-0.4, -0.2) is 32.3 Å². The molecule has 3 rings (SSSR count). The van der Waals surface area contributed by atoms with Gasteiger partial charge in [0.2, 0.25) is 0 Å². The molecule has 0 aliphatic carbocycles. The first-order chi connectivity index (χ1) is 13.5. The number of sulfonamides is 1. The lowest BCUT2D eigenvalue weighted by molar-refractivity contribution is -0.122. The fourth-order valence-corrected chi connectivity index (χ4v) is 4.82. The van der Waals surface area contributed by atoms with Crippen LogP contribution in [0.4, 0.5) is 0 Å². The highest BCUT2D eigenvalue weighted by molar-refractivity contribution is 7.99. The predicted octanol–water partition coefficient (Wildman–Crippen LogP) is 3.13. The summed E-state index contributed by atoms with van der Waals surface area (Å²) < 4.78 is 32.3. The molecule has 1 aliphatic rings. The van der Waals surface area contributed by atoms with Gasteiger partial charge in [-0.15, -0.1) is 0 Å². The van der Waals surface area contributed by atoms with Gasteiger partial charge in [-0.25, -0.2) is 12.7 Å². The molecule has 1 aliphatic heterocycles. The molecule has 0 unspecified atom stereocenters. The second kappa shape index (κ2) is 8.48. The summed E-state index contributed by atoms with van der Waals surface area (Å²) in [6, 6.07) is 16.1. The lowest BCUT2D eigenvalue weighted by Gasteiger charge is -2.16. The van der Waals surface area contributed by atoms with Crippen LogP contribution in [0.1, 0.15) is 30.9 Å². The summed E-state index contributed by atoms with van der Waals surface area (Å²) in [5.74, 6) is 0.235. The second-order valence-corrected chi connectivity index (χ2v) is 8.31. The number of methoxy groups -OCH3 is 1. The molecule has 148 valence electrons. The minimum atomic E-state index is -3.89. The Balaban J connectivity index is 1.95. The van der Waals surface area contributed by atoms with Crippen molar-refractivity contribution in [1.82, 2.24) is 9.62 Å². The van der Waals surface area contributed by atoms with Gasteiger partial charge in [0.1, 0.15) is 16.4 Å². The Hall–Kier alpha value is -2.80. The van der Waals surface area contributed by atoms with Crippen molar-refractivity contribution in [2.75, 3.05) is 13.7 Å². The molecule has 1 N–H and O–H groups in total. The third-order valence-electron chi connectivity index (χ3n) is 4.59. The van der Waals surface area contributed by atoms with Crippen molar-refractivity contribution in [1.29, 1.82) is 0 Å². The van der Waals surface area contributed by atoms with Gasteiger partial charge in [0.25, 0.3) is 15.9 Å². The number of benzene rings is 2. The van der Waals surface area contributed by atoms with Crippen LogP contribution < -0.4 is 10.1 Å². The highest BCUT2D eigenvalue weighted by atomic mass is 32.2. The summed E-state index contributed by atoms with van der Waals surface area (Å²) in [7, 11) is -2.29. The number of unbranched alkanes of at least 4 members (excludes halogenated alkanes) is 1. The van der Waals surface area contributed by atoms with E-state index in [1.807, 2.05) is 37.3 Å². The normalized spacial score (nSPS) is 15.8. The monoisotopic (exact) mass is 400 g/mol. The molecule has 0 bridgehead atoms. The first kappa shape index (κ1) is 19.9. The maximum atomic E-state index is 13.1. The highest BCUT2D eigenvalue weighted by Gasteiger charge is 2.43. The van der Waals surface area contributed by atoms with Crippen LogP contribution >= 0.6 is 0 Å². The van der Waals surface area contributed by atoms with E-state index in [-0.39, 0.29) is 17.1 Å². The van der Waals surface area contributed by atoms with E-state index < -0.39 is 15.9 Å². The van der Waals surface area contributed by atoms with Gasteiger partial charge in [0.15, 0.2) is 0 Å². The lowest BCUT2D eigenvalue weighted by atomic mass is 10.1. The van der Waals surface area contributed by atoms with E-state index in [4.69, 9.17) is 4.74 Å². The van der Waals surface area contributed by atoms with Crippen LogP contribution in [0.3, 0.4) is 0 Å². The van der Waals surface area contributed by atoms with E-state index >= 15 is 0 Å². The molecular formula is C21H24N2O4S. The van der Waals surface area contributed by atoms with Crippen LogP contribution in [0.2, 0.25) is 0 Å². The number of amides is 1. The van der Waals surface area contributed by atoms with Gasteiger partial charge < -0.3 is 10.1 Å². The fourth-order valence-electron chi connectivity index (χ4n) is 3.07. The lowest BCUT2D eigenvalue weighted by Crippen LogP contribution is -2.34. The average Bonchev–Trinajstić information content (AvgIpc) is 2.90. The molecule has 2 aromatic carbocycles. The van der Waals surface area contributed by atoms with Crippen molar-refractivity contribution in [3.63, 3.8) is 0 Å². The van der Waals surface area contributed by atoms with Crippen LogP contribution in [0.5, 0.6) is 5.75 Å². The quantitative estimate of drug-likeness (QED) is 0.737. The number of hydrogen-bond acceptors (Lipinski definition) is 5. The summed E-state index contributed by atoms with van der Waals surface area (Å²) in [6.45, 7) is 2.47. The fraction of sp³-hybridized carbons (Fsp3) is 0.286. The molecule has 0 radical (unpaired) electrons. The van der Waals surface area contributed by atoms with E-state index in [1.54, 1.807) is 31.4 Å². The molecule has 0 atom stereocenters. The van der Waals surface area contributed by atoms with Gasteiger partial charge in [-0.05, 0) is 29.7 Å². The van der Waals surface area contributed by atoms with Crippen LogP contribution in [0, 0.1) is 0 Å². The molecule has 1 heterocycles. The molecular weight excluding hydrogens is 376 g/mol. The SMILES string of the molecule is CCCCN1C(=O)C(NCc2ccc(OC)cc2)=C(c2ccccc2)S1(=O)=O. The molecule has 0 spiro atoms. The third kappa shape index (κ3) is 3.89. The van der Waals surface area contributed by atoms with Gasteiger partial charge in [-0.1, -0.05) is 55.8 Å². The van der Waals surface area contributed by atoms with Crippen LogP contribution in [0.15, 0.2) is 60.3 Å². The highest BCUT2D eigenvalue weighted by Crippen LogP contribution is 2.34. The first-order valence-electron chi connectivity index (χ1n) is 9.22. The van der Waals surface area contributed by atoms with Crippen molar-refractivity contribution in [2.45, 2.75) is 26.3 Å². The molecule has 0 saturated heterocycles. The number of ether oxygens (including phenoxy) is 1. The van der Waals surface area contributed by atoms with Gasteiger partial charge in [0.05, 0.1) is 7.11 Å². The number of carbonyl (C=O) groups excluding carboxylic acids is 1. The topological polar surface area (TPSA) is 75.7 Å². The number of nitrogens with zero attached hydrogens (tertiary/aromatic N) is 1. The van der Waals surface area contributed by atoms with E-state index in [9.17, 15) is 13.2 Å². The average molecular weight is 401 g/mol. The van der Waals surface area contributed by atoms with Crippen molar-refractivity contribution >= 4 is 20.8 Å². The van der Waals surface area contributed by atoms with Crippen molar-refractivity contribution in [3.05, 3.63) is 71.4 Å². The van der Waals surface area contributed by atoms with Crippen LogP contribution in [0.25, 0.3) is 4.91 Å². The Kier molecular flexibility index (Phi) is 6.04. The molecule has 0 saturated carbocycles. The Morgan fingerprint density at radius 1 is 1.04 bits per heavy atom. The number of rotatable bonds is 8. The maximum Gasteiger partial charge on any atom is 0.285 e. The van der Waals surface area contributed by atoms with E-state index in [1.165, 1.54) is 0 Å². The Morgan fingerprint density at radius 2 is 1.71 bits per heavy atom. The van der Waals surface area contributed by atoms with Crippen molar-refractivity contribution < 1.29 is 17.9 Å². The molecule has 6 nitrogen and oxygen atoms in total. The zero-order valence-electron chi connectivity index (χ0n) is 16.0. The minimum absolute atomic E-state index is 0.0442. The number of hydrogen-bond donors (Lipinski definition) is 1. The van der Waals surface area contributed by atoms with Gasteiger partial charge in [0, 0.05) is 13.1 Å². The molecule has 2 aromatic rings. The van der Waals surface area contributed by atoms with E-state index in [0.29, 0.717) is 18.5 Å². The molecule has 0 fully saturated rings. The molecule has 0 aromatic heterocycles. The largest absolute Gasteiger partial charge is 0.497 e. The Bertz CT molecular complexity index is 967. The summed E-state index contributed by atoms with van der Waals surface area (Å²) in [6.07, 6.45) is 1.42. The number of carbonyl (C=O) groups is 1. The second-order valence-electron chi connectivity index (χ2n) is 6.51. The molecule has 1 amide bonds. The predicted molar refractivity (Wildman–Crippen MR) is 109 cm³/mol. The first-order valence-corrected chi connectivity index (χ1v) is 10.7. The zero-order chi connectivity index (χ0) is 20.1. The van der Waals surface area contributed by atoms with Gasteiger partial charge in [-0.2, -0.15) is 0 Å². The molecule has 7 heteroatoms. The zero-order valence-corrected chi connectivity index (χ0v) is 16.8. The number of nitrogens with one attached hydrogen (secondary N) is 1. The standard InChI is InChI=1S/C21H24N2O4S/c1-3-4-14-23-21(24)19(22-15-16-10-12-18(27-2)13-11-16)20(28(23,25)26)17-8-6-5-7-9-17/h5-13,22H,3-4,14-15H2,1-2H3. The van der Waals surface area contributed by atoms with E-state index in [2.05, 4.69) is 5.32 Å². The Labute approximate surface area is 165 Å². The minimum Gasteiger partial charge on any atom is -0.497 e. The van der Waals surface area contributed by atoms with E-state index in [0.717, 1.165) is 22.0 Å². The van der Waals surface area contributed by atoms with Crippen LogP contribution in [-0.2, 0) is 21.4 Å². The summed E-state index contributed by atoms with van der Waals surface area (Å²) in [5, 5.41) is 3.06. The van der Waals surface area contributed by atoms with Gasteiger partial charge in [-0.3, -0.25) is 4.79 Å². The molecule has 28 heavy (non-hydrogen) atoms. The summed E-state index contributed by atoms with van der Waals surface area (Å²) in [4.78, 5) is 13.0. The smallest absolute Gasteiger partial charge is 0.285 e. The third-order valence-corrected chi connectivity index (χ3v) is 6.48. The van der Waals surface area contributed by atoms with Crippen molar-refractivity contribution in [2.24, 2.45) is 0 Å². The summed E-state index contributed by atoms with van der Waals surface area (Å²) in [5.41, 5.74) is 1.54. The Morgan fingerprint density at radius 3 is 2.32 bits per heavy atom. The summed E-state index contributed by atoms with van der Waals surface area (Å²) >= 11 is 0. The van der Waals surface area contributed by atoms with Crippen molar-refractivity contribution in [3.8, 4) is 5.75 Å². The van der Waals surface area contributed by atoms with Gasteiger partial charge >= 0.3 is 0 Å². The maximum absolute atomic E-state index is 13.1.